The second-order valence-electron chi connectivity index (χ2n) is 5.82. The van der Waals surface area contributed by atoms with Gasteiger partial charge in [0.05, 0.1) is 12.7 Å². The van der Waals surface area contributed by atoms with Crippen LogP contribution < -0.4 is 11.1 Å². The number of amides is 1. The Balaban J connectivity index is 2.50. The molecule has 0 radical (unpaired) electrons. The second kappa shape index (κ2) is 7.78. The molecule has 0 aliphatic carbocycles. The average molecular weight is 292 g/mol. The van der Waals surface area contributed by atoms with Crippen LogP contribution in [0.4, 0.5) is 5.69 Å². The number of esters is 1. The van der Waals surface area contributed by atoms with Crippen LogP contribution in [0, 0.1) is 5.41 Å². The number of carbonyl (C=O) groups is 2. The van der Waals surface area contributed by atoms with E-state index in [0.29, 0.717) is 24.2 Å². The van der Waals surface area contributed by atoms with Crippen molar-refractivity contribution >= 4 is 17.6 Å². The van der Waals surface area contributed by atoms with Crippen molar-refractivity contribution in [1.82, 2.24) is 0 Å². The van der Waals surface area contributed by atoms with E-state index < -0.39 is 5.97 Å². The predicted octanol–water partition coefficient (Wildman–Crippen LogP) is 2.57. The van der Waals surface area contributed by atoms with Gasteiger partial charge in [-0.15, -0.1) is 0 Å². The molecule has 0 spiro atoms. The summed E-state index contributed by atoms with van der Waals surface area (Å²) in [6.07, 6.45) is 2.14. The van der Waals surface area contributed by atoms with Crippen molar-refractivity contribution in [2.24, 2.45) is 11.1 Å². The quantitative estimate of drug-likeness (QED) is 0.757. The molecule has 1 amide bonds. The standard InChI is InChI=1S/C16H24N2O3/c1-16(2,10-11-17)9-8-14(19)18-13-6-4-12(5-7-13)15(20)21-3/h4-7H,8-11,17H2,1-3H3,(H,18,19). The molecule has 0 aromatic heterocycles. The van der Waals surface area contributed by atoms with Gasteiger partial charge in [-0.3, -0.25) is 4.79 Å². The van der Waals surface area contributed by atoms with Crippen LogP contribution in [0.1, 0.15) is 43.5 Å². The van der Waals surface area contributed by atoms with Gasteiger partial charge in [-0.05, 0) is 49.1 Å². The van der Waals surface area contributed by atoms with Crippen molar-refractivity contribution in [3.05, 3.63) is 29.8 Å². The molecule has 0 unspecified atom stereocenters. The zero-order valence-electron chi connectivity index (χ0n) is 12.9. The zero-order chi connectivity index (χ0) is 15.9. The van der Waals surface area contributed by atoms with Gasteiger partial charge < -0.3 is 15.8 Å². The van der Waals surface area contributed by atoms with Crippen LogP contribution in [0.15, 0.2) is 24.3 Å². The van der Waals surface area contributed by atoms with E-state index in [1.54, 1.807) is 24.3 Å². The minimum atomic E-state index is -0.392. The summed E-state index contributed by atoms with van der Waals surface area (Å²) in [6.45, 7) is 4.85. The van der Waals surface area contributed by atoms with Crippen LogP contribution in [-0.4, -0.2) is 25.5 Å². The normalized spacial score (nSPS) is 11.0. The van der Waals surface area contributed by atoms with E-state index in [0.717, 1.165) is 12.8 Å². The summed E-state index contributed by atoms with van der Waals surface area (Å²) in [5.74, 6) is -0.428. The van der Waals surface area contributed by atoms with Crippen molar-refractivity contribution in [2.75, 3.05) is 19.0 Å². The van der Waals surface area contributed by atoms with Crippen LogP contribution in [0.2, 0.25) is 0 Å². The number of rotatable bonds is 7. The highest BCUT2D eigenvalue weighted by molar-refractivity contribution is 5.93. The zero-order valence-corrected chi connectivity index (χ0v) is 12.9. The topological polar surface area (TPSA) is 81.4 Å². The maximum absolute atomic E-state index is 11.9. The summed E-state index contributed by atoms with van der Waals surface area (Å²) in [5, 5.41) is 2.82. The average Bonchev–Trinajstić information content (AvgIpc) is 2.45. The Morgan fingerprint density at radius 1 is 1.19 bits per heavy atom. The number of hydrogen-bond acceptors (Lipinski definition) is 4. The summed E-state index contributed by atoms with van der Waals surface area (Å²) in [4.78, 5) is 23.2. The highest BCUT2D eigenvalue weighted by Gasteiger charge is 2.18. The summed E-state index contributed by atoms with van der Waals surface area (Å²) >= 11 is 0. The SMILES string of the molecule is COC(=O)c1ccc(NC(=O)CCC(C)(C)CCN)cc1. The Morgan fingerprint density at radius 2 is 1.81 bits per heavy atom. The van der Waals surface area contributed by atoms with Gasteiger partial charge in [-0.1, -0.05) is 13.8 Å². The monoisotopic (exact) mass is 292 g/mol. The number of benzene rings is 1. The third-order valence-electron chi connectivity index (χ3n) is 3.44. The van der Waals surface area contributed by atoms with Gasteiger partial charge in [0.2, 0.25) is 5.91 Å². The Labute approximate surface area is 125 Å². The van der Waals surface area contributed by atoms with E-state index in [9.17, 15) is 9.59 Å². The van der Waals surface area contributed by atoms with Crippen molar-refractivity contribution in [3.8, 4) is 0 Å². The van der Waals surface area contributed by atoms with Gasteiger partial charge in [0, 0.05) is 12.1 Å². The van der Waals surface area contributed by atoms with Crippen LogP contribution in [-0.2, 0) is 9.53 Å². The lowest BCUT2D eigenvalue weighted by Crippen LogP contribution is -2.20. The van der Waals surface area contributed by atoms with Crippen LogP contribution >= 0.6 is 0 Å². The first-order chi connectivity index (χ1) is 9.88. The van der Waals surface area contributed by atoms with E-state index in [4.69, 9.17) is 5.73 Å². The van der Waals surface area contributed by atoms with Gasteiger partial charge in [0.15, 0.2) is 0 Å². The third-order valence-corrected chi connectivity index (χ3v) is 3.44. The molecule has 116 valence electrons. The molecule has 1 rings (SSSR count). The van der Waals surface area contributed by atoms with Crippen LogP contribution in [0.3, 0.4) is 0 Å². The highest BCUT2D eigenvalue weighted by atomic mass is 16.5. The molecule has 3 N–H and O–H groups in total. The largest absolute Gasteiger partial charge is 0.465 e. The van der Waals surface area contributed by atoms with Crippen LogP contribution in [0.5, 0.6) is 0 Å². The van der Waals surface area contributed by atoms with Gasteiger partial charge in [0.1, 0.15) is 0 Å². The van der Waals surface area contributed by atoms with Crippen molar-refractivity contribution in [1.29, 1.82) is 0 Å². The number of carbonyl (C=O) groups excluding carboxylic acids is 2. The fourth-order valence-electron chi connectivity index (χ4n) is 2.00. The molecule has 0 atom stereocenters. The van der Waals surface area contributed by atoms with Crippen LogP contribution in [0.25, 0.3) is 0 Å². The molecular formula is C16H24N2O3. The first-order valence-corrected chi connectivity index (χ1v) is 7.06. The van der Waals surface area contributed by atoms with Gasteiger partial charge in [-0.25, -0.2) is 4.79 Å². The van der Waals surface area contributed by atoms with Gasteiger partial charge >= 0.3 is 5.97 Å². The lowest BCUT2D eigenvalue weighted by atomic mass is 9.84. The summed E-state index contributed by atoms with van der Waals surface area (Å²) in [6, 6.07) is 6.63. The lowest BCUT2D eigenvalue weighted by Gasteiger charge is -2.23. The van der Waals surface area contributed by atoms with E-state index in [1.807, 2.05) is 0 Å². The molecule has 5 nitrogen and oxygen atoms in total. The Hall–Kier alpha value is -1.88. The molecule has 21 heavy (non-hydrogen) atoms. The third kappa shape index (κ3) is 5.95. The van der Waals surface area contributed by atoms with Crippen molar-refractivity contribution in [3.63, 3.8) is 0 Å². The smallest absolute Gasteiger partial charge is 0.337 e. The number of nitrogens with two attached hydrogens (primary N) is 1. The summed E-state index contributed by atoms with van der Waals surface area (Å²) < 4.78 is 4.62. The molecule has 0 bridgehead atoms. The maximum atomic E-state index is 11.9. The van der Waals surface area contributed by atoms with E-state index >= 15 is 0 Å². The number of anilines is 1. The molecule has 5 heteroatoms. The fraction of sp³-hybridized carbons (Fsp3) is 0.500. The number of ether oxygens (including phenoxy) is 1. The van der Waals surface area contributed by atoms with Crippen molar-refractivity contribution < 1.29 is 14.3 Å². The van der Waals surface area contributed by atoms with E-state index in [-0.39, 0.29) is 11.3 Å². The first-order valence-electron chi connectivity index (χ1n) is 7.06. The first kappa shape index (κ1) is 17.2. The predicted molar refractivity (Wildman–Crippen MR) is 83.1 cm³/mol. The Morgan fingerprint density at radius 3 is 2.33 bits per heavy atom. The summed E-state index contributed by atoms with van der Waals surface area (Å²) in [5.41, 5.74) is 6.76. The molecule has 0 aliphatic rings. The number of nitrogens with one attached hydrogen (secondary N) is 1. The molecular weight excluding hydrogens is 268 g/mol. The minimum Gasteiger partial charge on any atom is -0.465 e. The number of methoxy groups -OCH3 is 1. The molecule has 0 saturated heterocycles. The minimum absolute atomic E-state index is 0.0362. The molecule has 1 aromatic rings. The second-order valence-corrected chi connectivity index (χ2v) is 5.82. The lowest BCUT2D eigenvalue weighted by molar-refractivity contribution is -0.116. The van der Waals surface area contributed by atoms with Crippen molar-refractivity contribution in [2.45, 2.75) is 33.1 Å². The number of hydrogen-bond donors (Lipinski definition) is 2. The molecule has 0 aliphatic heterocycles. The Kier molecular flexibility index (Phi) is 6.37. The maximum Gasteiger partial charge on any atom is 0.337 e. The molecule has 1 aromatic carbocycles. The fourth-order valence-corrected chi connectivity index (χ4v) is 2.00. The highest BCUT2D eigenvalue weighted by Crippen LogP contribution is 2.26. The van der Waals surface area contributed by atoms with E-state index in [2.05, 4.69) is 23.9 Å². The molecule has 0 saturated carbocycles. The molecule has 0 heterocycles. The molecule has 0 fully saturated rings. The van der Waals surface area contributed by atoms with E-state index in [1.165, 1.54) is 7.11 Å². The summed E-state index contributed by atoms with van der Waals surface area (Å²) in [7, 11) is 1.33. The van der Waals surface area contributed by atoms with Gasteiger partial charge in [-0.2, -0.15) is 0 Å². The Bertz CT molecular complexity index is 481. The van der Waals surface area contributed by atoms with Gasteiger partial charge in [0.25, 0.3) is 0 Å².